The predicted molar refractivity (Wildman–Crippen MR) is 143 cm³/mol. The van der Waals surface area contributed by atoms with Crippen molar-refractivity contribution in [2.24, 2.45) is 0 Å². The lowest BCUT2D eigenvalue weighted by Crippen LogP contribution is -2.49. The second-order valence-electron chi connectivity index (χ2n) is 8.01. The van der Waals surface area contributed by atoms with Gasteiger partial charge in [0.15, 0.2) is 0 Å². The highest BCUT2D eigenvalue weighted by molar-refractivity contribution is 7.92. The molecule has 7 nitrogen and oxygen atoms in total. The summed E-state index contributed by atoms with van der Waals surface area (Å²) in [6.45, 7) is 4.33. The van der Waals surface area contributed by atoms with Gasteiger partial charge >= 0.3 is 0 Å². The van der Waals surface area contributed by atoms with Crippen LogP contribution in [0.5, 0.6) is 0 Å². The zero-order valence-electron chi connectivity index (χ0n) is 19.9. The van der Waals surface area contributed by atoms with Crippen molar-refractivity contribution in [2.45, 2.75) is 45.7 Å². The Morgan fingerprint density at radius 1 is 1.03 bits per heavy atom. The summed E-state index contributed by atoms with van der Waals surface area (Å²) in [5.41, 5.74) is 1.15. The summed E-state index contributed by atoms with van der Waals surface area (Å²) in [5.74, 6) is -0.520. The number of nitrogens with zero attached hydrogens (tertiary/aromatic N) is 2. The second-order valence-corrected chi connectivity index (χ2v) is 11.2. The first-order valence-corrected chi connectivity index (χ1v) is 14.2. The van der Waals surface area contributed by atoms with Gasteiger partial charge in [0, 0.05) is 31.1 Å². The average molecular weight is 563 g/mol. The van der Waals surface area contributed by atoms with Crippen molar-refractivity contribution in [1.82, 2.24) is 10.2 Å². The highest BCUT2D eigenvalue weighted by Crippen LogP contribution is 2.25. The van der Waals surface area contributed by atoms with Crippen molar-refractivity contribution in [1.29, 1.82) is 0 Å². The van der Waals surface area contributed by atoms with Gasteiger partial charge in [-0.1, -0.05) is 53.9 Å². The minimum Gasteiger partial charge on any atom is -0.355 e. The minimum absolute atomic E-state index is 0.0454. The lowest BCUT2D eigenvalue weighted by Gasteiger charge is -2.31. The highest BCUT2D eigenvalue weighted by atomic mass is 35.5. The molecular weight excluding hydrogens is 533 g/mol. The smallest absolute Gasteiger partial charge is 0.242 e. The molecule has 2 aromatic carbocycles. The SMILES string of the molecule is CCNC(=O)C(CC)N(Cc1ccc(Cl)c(Cl)c1)C(=O)CCCN(c1cccc(Cl)c1)S(C)(=O)=O. The summed E-state index contributed by atoms with van der Waals surface area (Å²) in [4.78, 5) is 27.5. The summed E-state index contributed by atoms with van der Waals surface area (Å²) in [6, 6.07) is 10.9. The number of hydrogen-bond acceptors (Lipinski definition) is 4. The zero-order chi connectivity index (χ0) is 26.2. The first-order chi connectivity index (χ1) is 16.5. The van der Waals surface area contributed by atoms with Crippen LogP contribution in [0.4, 0.5) is 5.69 Å². The van der Waals surface area contributed by atoms with Crippen molar-refractivity contribution in [3.8, 4) is 0 Å². The molecule has 2 aromatic rings. The average Bonchev–Trinajstić information content (AvgIpc) is 2.78. The Morgan fingerprint density at radius 2 is 1.74 bits per heavy atom. The quantitative estimate of drug-likeness (QED) is 0.388. The van der Waals surface area contributed by atoms with E-state index in [1.165, 1.54) is 9.21 Å². The van der Waals surface area contributed by atoms with E-state index in [2.05, 4.69) is 5.32 Å². The molecule has 2 amide bonds. The number of nitrogens with one attached hydrogen (secondary N) is 1. The van der Waals surface area contributed by atoms with Crippen LogP contribution in [0.3, 0.4) is 0 Å². The molecule has 0 heterocycles. The van der Waals surface area contributed by atoms with Gasteiger partial charge < -0.3 is 10.2 Å². The number of benzene rings is 2. The molecule has 0 bridgehead atoms. The molecule has 0 fully saturated rings. The van der Waals surface area contributed by atoms with E-state index in [4.69, 9.17) is 34.8 Å². The fourth-order valence-electron chi connectivity index (χ4n) is 3.68. The van der Waals surface area contributed by atoms with E-state index in [0.29, 0.717) is 33.7 Å². The fourth-order valence-corrected chi connectivity index (χ4v) is 5.14. The van der Waals surface area contributed by atoms with E-state index in [-0.39, 0.29) is 37.7 Å². The molecule has 2 rings (SSSR count). The molecular formula is C24H30Cl3N3O4S. The Kier molecular flexibility index (Phi) is 11.1. The molecule has 0 aliphatic heterocycles. The molecule has 0 radical (unpaired) electrons. The third-order valence-corrected chi connectivity index (χ3v) is 7.49. The van der Waals surface area contributed by atoms with Crippen LogP contribution in [0.15, 0.2) is 42.5 Å². The van der Waals surface area contributed by atoms with E-state index in [1.807, 2.05) is 13.8 Å². The largest absolute Gasteiger partial charge is 0.355 e. The topological polar surface area (TPSA) is 86.8 Å². The van der Waals surface area contributed by atoms with Crippen molar-refractivity contribution >= 4 is 62.3 Å². The summed E-state index contributed by atoms with van der Waals surface area (Å²) < 4.78 is 26.0. The molecule has 0 saturated carbocycles. The van der Waals surface area contributed by atoms with Gasteiger partial charge in [-0.2, -0.15) is 0 Å². The number of sulfonamides is 1. The Labute approximate surface area is 222 Å². The number of hydrogen-bond donors (Lipinski definition) is 1. The van der Waals surface area contributed by atoms with Gasteiger partial charge in [-0.3, -0.25) is 13.9 Å². The van der Waals surface area contributed by atoms with Gasteiger partial charge in [-0.15, -0.1) is 0 Å². The van der Waals surface area contributed by atoms with Crippen molar-refractivity contribution in [3.05, 3.63) is 63.1 Å². The molecule has 0 aliphatic carbocycles. The van der Waals surface area contributed by atoms with E-state index in [1.54, 1.807) is 42.5 Å². The first-order valence-electron chi connectivity index (χ1n) is 11.2. The minimum atomic E-state index is -3.59. The van der Waals surface area contributed by atoms with E-state index < -0.39 is 16.1 Å². The number of rotatable bonds is 12. The summed E-state index contributed by atoms with van der Waals surface area (Å²) in [7, 11) is -3.59. The van der Waals surface area contributed by atoms with E-state index in [0.717, 1.165) is 11.8 Å². The second kappa shape index (κ2) is 13.3. The fraction of sp³-hybridized carbons (Fsp3) is 0.417. The van der Waals surface area contributed by atoms with Crippen LogP contribution in [0.2, 0.25) is 15.1 Å². The number of likely N-dealkylation sites (N-methyl/N-ethyl adjacent to an activating group) is 1. The molecule has 0 aliphatic rings. The standard InChI is InChI=1S/C24H30Cl3N3O4S/c1-4-22(24(32)28-5-2)29(16-17-11-12-20(26)21(27)14-17)23(31)10-7-13-30(35(3,33)34)19-9-6-8-18(25)15-19/h6,8-9,11-12,14-15,22H,4-5,7,10,13,16H2,1-3H3,(H,28,32). The van der Waals surface area contributed by atoms with Crippen molar-refractivity contribution in [3.63, 3.8) is 0 Å². The molecule has 1 unspecified atom stereocenters. The van der Waals surface area contributed by atoms with Crippen LogP contribution in [0.25, 0.3) is 0 Å². The summed E-state index contributed by atoms with van der Waals surface area (Å²) in [6.07, 6.45) is 1.82. The van der Waals surface area contributed by atoms with Crippen molar-refractivity contribution < 1.29 is 18.0 Å². The van der Waals surface area contributed by atoms with Gasteiger partial charge in [0.1, 0.15) is 6.04 Å². The van der Waals surface area contributed by atoms with Gasteiger partial charge in [0.05, 0.1) is 22.0 Å². The number of anilines is 1. The third kappa shape index (κ3) is 8.56. The van der Waals surface area contributed by atoms with Crippen LogP contribution in [-0.4, -0.2) is 50.5 Å². The van der Waals surface area contributed by atoms with Crippen LogP contribution in [0.1, 0.15) is 38.7 Å². The number of amides is 2. The summed E-state index contributed by atoms with van der Waals surface area (Å²) in [5, 5.41) is 3.94. The molecule has 192 valence electrons. The molecule has 0 spiro atoms. The molecule has 1 N–H and O–H groups in total. The number of halogens is 3. The Hall–Kier alpha value is -2.00. The molecule has 0 aromatic heterocycles. The summed E-state index contributed by atoms with van der Waals surface area (Å²) >= 11 is 18.2. The first kappa shape index (κ1) is 29.2. The third-order valence-electron chi connectivity index (χ3n) is 5.32. The van der Waals surface area contributed by atoms with Gasteiger partial charge in [-0.25, -0.2) is 8.42 Å². The Balaban J connectivity index is 2.22. The zero-order valence-corrected chi connectivity index (χ0v) is 23.0. The Bertz CT molecular complexity index is 1140. The van der Waals surface area contributed by atoms with Gasteiger partial charge in [0.25, 0.3) is 0 Å². The normalized spacial score (nSPS) is 12.2. The van der Waals surface area contributed by atoms with Crippen LogP contribution in [0, 0.1) is 0 Å². The number of carbonyl (C=O) groups excluding carboxylic acids is 2. The molecule has 1 atom stereocenters. The van der Waals surface area contributed by atoms with Crippen LogP contribution >= 0.6 is 34.8 Å². The monoisotopic (exact) mass is 561 g/mol. The maximum Gasteiger partial charge on any atom is 0.242 e. The van der Waals surface area contributed by atoms with E-state index in [9.17, 15) is 18.0 Å². The highest BCUT2D eigenvalue weighted by Gasteiger charge is 2.28. The van der Waals surface area contributed by atoms with Crippen molar-refractivity contribution in [2.75, 3.05) is 23.7 Å². The molecule has 0 saturated heterocycles. The maximum absolute atomic E-state index is 13.3. The Morgan fingerprint density at radius 3 is 2.31 bits per heavy atom. The maximum atomic E-state index is 13.3. The van der Waals surface area contributed by atoms with E-state index >= 15 is 0 Å². The van der Waals surface area contributed by atoms with Gasteiger partial charge in [0.2, 0.25) is 21.8 Å². The molecule has 35 heavy (non-hydrogen) atoms. The lowest BCUT2D eigenvalue weighted by atomic mass is 10.1. The van der Waals surface area contributed by atoms with Gasteiger partial charge in [-0.05, 0) is 55.7 Å². The van der Waals surface area contributed by atoms with Crippen LogP contribution < -0.4 is 9.62 Å². The molecule has 11 heteroatoms. The predicted octanol–water partition coefficient (Wildman–Crippen LogP) is 5.14. The lowest BCUT2D eigenvalue weighted by molar-refractivity contribution is -0.141. The van der Waals surface area contributed by atoms with Crippen LogP contribution in [-0.2, 0) is 26.2 Å². The number of carbonyl (C=O) groups is 2.